The van der Waals surface area contributed by atoms with Crippen molar-refractivity contribution < 1.29 is 14.4 Å². The number of rotatable bonds is 3. The quantitative estimate of drug-likeness (QED) is 0.0952. The summed E-state index contributed by atoms with van der Waals surface area (Å²) in [5.41, 5.74) is 17.4. The van der Waals surface area contributed by atoms with Gasteiger partial charge in [-0.15, -0.1) is 0 Å². The van der Waals surface area contributed by atoms with Crippen molar-refractivity contribution >= 4 is 147 Å². The second-order valence-corrected chi connectivity index (χ2v) is 26.3. The summed E-state index contributed by atoms with van der Waals surface area (Å²) in [6.45, 7) is 6.61. The second kappa shape index (κ2) is 37.2. The van der Waals surface area contributed by atoms with Crippen molar-refractivity contribution in [1.29, 1.82) is 10.5 Å². The number of H-pyrrole nitrogens is 4. The van der Waals surface area contributed by atoms with Gasteiger partial charge in [-0.3, -0.25) is 14.4 Å². The predicted octanol–water partition coefficient (Wildman–Crippen LogP) is 20.5. The van der Waals surface area contributed by atoms with Crippen LogP contribution in [0.2, 0.25) is 0 Å². The Morgan fingerprint density at radius 2 is 0.639 bits per heavy atom. The lowest BCUT2D eigenvalue weighted by atomic mass is 9.84. The number of aromatic amines is 4. The molecule has 22 nitrogen and oxygen atoms in total. The highest BCUT2D eigenvalue weighted by molar-refractivity contribution is 6.29. The van der Waals surface area contributed by atoms with Gasteiger partial charge in [0.2, 0.25) is 17.9 Å². The van der Waals surface area contributed by atoms with Gasteiger partial charge in [0.15, 0.2) is 23.0 Å². The second-order valence-electron chi connectivity index (χ2n) is 26.3. The number of nitrogens with one attached hydrogen (secondary N) is 4. The number of aromatic nitrogens is 9. The van der Waals surface area contributed by atoms with Crippen LogP contribution in [0, 0.1) is 29.2 Å². The van der Waals surface area contributed by atoms with E-state index in [2.05, 4.69) is 225 Å². The smallest absolute Gasteiger partial charge is 0.242 e. The Morgan fingerprint density at radius 3 is 0.975 bits per heavy atom. The van der Waals surface area contributed by atoms with Gasteiger partial charge in [-0.2, -0.15) is 10.5 Å². The number of hydrogen-bond acceptors (Lipinski definition) is 17. The first-order valence-corrected chi connectivity index (χ1v) is 37.2. The SMILES string of the molecule is C1=NC2=NC=NC3=NC=NC(=N1)N23.N#Cc1ccccc1.O=C(c1ccccc1)c1ccccc1.O=C1c2ccccc2C(=O)c2ccccc21.[C-]#[N+]c1ccc(C#N)cc1.c1ccc2c(c1)[nH]c1cc3[nH]c4ccccc4c3cc12.c1ccc2c(c1)[nH]c1ccc(-c3ccc4[nH]c5ccccc5c4c3)cc12.c1cncnc1.c1ncncn1. The molecule has 4 N–H and O–H groups in total. The summed E-state index contributed by atoms with van der Waals surface area (Å²) in [7, 11) is 0. The highest BCUT2D eigenvalue weighted by atomic mass is 16.1. The molecule has 6 aromatic heterocycles. The molecule has 1 aliphatic carbocycles. The minimum atomic E-state index is -0.0641. The molecule has 23 rings (SSSR count). The zero-order valence-electron chi connectivity index (χ0n) is 63.2. The monoisotopic (exact) mass is 1540 g/mol. The minimum absolute atomic E-state index is 0.0641. The van der Waals surface area contributed by atoms with Crippen LogP contribution >= 0.6 is 0 Å². The Kier molecular flexibility index (Phi) is 24.0. The van der Waals surface area contributed by atoms with Crippen LogP contribution in [0.5, 0.6) is 0 Å². The molecule has 0 amide bonds. The fourth-order valence-electron chi connectivity index (χ4n) is 13.3. The number of nitrogens with zero attached hydrogens (tertiary/aromatic N) is 15. The number of nitriles is 2. The summed E-state index contributed by atoms with van der Waals surface area (Å²) in [5.74, 6) is 1.43. The topological polar surface area (TPSA) is 308 Å². The highest BCUT2D eigenvalue weighted by Gasteiger charge is 2.30. The van der Waals surface area contributed by atoms with E-state index >= 15 is 0 Å². The highest BCUT2D eigenvalue weighted by Crippen LogP contribution is 2.36. The molecule has 0 saturated heterocycles. The summed E-state index contributed by atoms with van der Waals surface area (Å²) in [4.78, 5) is 96.6. The van der Waals surface area contributed by atoms with Crippen LogP contribution < -0.4 is 0 Å². The zero-order valence-corrected chi connectivity index (χ0v) is 63.2. The van der Waals surface area contributed by atoms with Crippen LogP contribution in [0.15, 0.2) is 383 Å². The lowest BCUT2D eigenvalue weighted by Crippen LogP contribution is -2.44. The third-order valence-electron chi connectivity index (χ3n) is 18.9. The van der Waals surface area contributed by atoms with Crippen LogP contribution in [0.3, 0.4) is 0 Å². The van der Waals surface area contributed by atoms with Crippen molar-refractivity contribution in [2.45, 2.75) is 0 Å². The van der Waals surface area contributed by atoms with E-state index in [1.54, 1.807) is 108 Å². The normalized spacial score (nSPS) is 11.9. The van der Waals surface area contributed by atoms with Crippen LogP contribution in [-0.2, 0) is 0 Å². The summed E-state index contributed by atoms with van der Waals surface area (Å²) in [6.07, 6.45) is 13.4. The molecule has 0 unspecified atom stereocenters. The van der Waals surface area contributed by atoms with Gasteiger partial charge in [-0.1, -0.05) is 237 Å². The average molecular weight is 1540 g/mol. The first-order valence-electron chi connectivity index (χ1n) is 37.2. The summed E-state index contributed by atoms with van der Waals surface area (Å²) in [6, 6.07) is 106. The average Bonchev–Trinajstić information content (AvgIpc) is 1.75. The number of ketones is 3. The number of guanidine groups is 3. The van der Waals surface area contributed by atoms with Crippen LogP contribution in [0.25, 0.3) is 103 Å². The lowest BCUT2D eigenvalue weighted by molar-refractivity contribution is 0.0979. The molecule has 22 heteroatoms. The molecule has 9 heterocycles. The van der Waals surface area contributed by atoms with Crippen molar-refractivity contribution in [3.05, 3.63) is 409 Å². The Balaban J connectivity index is 0.000000108. The maximum atomic E-state index is 12.1. The fourth-order valence-corrected chi connectivity index (χ4v) is 13.3. The summed E-state index contributed by atoms with van der Waals surface area (Å²) < 4.78 is 0. The van der Waals surface area contributed by atoms with E-state index < -0.39 is 0 Å². The first-order chi connectivity index (χ1) is 58.7. The van der Waals surface area contributed by atoms with Crippen molar-refractivity contribution in [1.82, 2.24) is 49.8 Å². The Labute approximate surface area is 680 Å². The number of aliphatic imine (C=N–C) groups is 6. The van der Waals surface area contributed by atoms with E-state index in [0.717, 1.165) is 11.1 Å². The van der Waals surface area contributed by atoms with Gasteiger partial charge in [0.05, 0.1) is 24.3 Å². The van der Waals surface area contributed by atoms with Gasteiger partial charge in [-0.25, -0.2) is 64.6 Å². The molecule has 0 radical (unpaired) electrons. The Bertz CT molecular complexity index is 6690. The number of para-hydroxylation sites is 4. The van der Waals surface area contributed by atoms with Crippen molar-refractivity contribution in [2.24, 2.45) is 30.0 Å². The van der Waals surface area contributed by atoms with Crippen molar-refractivity contribution in [3.63, 3.8) is 0 Å². The van der Waals surface area contributed by atoms with Crippen LogP contribution in [0.4, 0.5) is 5.69 Å². The number of carbonyl (C=O) groups is 3. The predicted molar refractivity (Wildman–Crippen MR) is 472 cm³/mol. The number of benzene rings is 13. The molecule has 19 aromatic rings. The van der Waals surface area contributed by atoms with Gasteiger partial charge in [-0.05, 0) is 90.0 Å². The first kappa shape index (κ1) is 76.8. The summed E-state index contributed by atoms with van der Waals surface area (Å²) in [5, 5.41) is 26.9. The molecule has 13 aromatic carbocycles. The van der Waals surface area contributed by atoms with E-state index in [4.69, 9.17) is 17.1 Å². The number of fused-ring (bicyclic) bond motifs is 14. The fraction of sp³-hybridized carbons (Fsp3) is 0. The minimum Gasteiger partial charge on any atom is -0.355 e. The van der Waals surface area contributed by atoms with E-state index in [9.17, 15) is 14.4 Å². The molecule has 0 spiro atoms. The largest absolute Gasteiger partial charge is 0.355 e. The Morgan fingerprint density at radius 1 is 0.319 bits per heavy atom. The molecule has 0 fully saturated rings. The molecule has 3 aliphatic heterocycles. The van der Waals surface area contributed by atoms with Gasteiger partial charge in [0.1, 0.15) is 44.3 Å². The van der Waals surface area contributed by atoms with E-state index in [0.29, 0.717) is 56.9 Å². The maximum Gasteiger partial charge on any atom is 0.242 e. The van der Waals surface area contributed by atoms with E-state index in [1.165, 1.54) is 143 Å². The van der Waals surface area contributed by atoms with Crippen LogP contribution in [-0.4, -0.2) is 104 Å². The van der Waals surface area contributed by atoms with E-state index in [1.807, 2.05) is 91.0 Å². The molecular formula is C97H65N19O3. The molecule has 0 bridgehead atoms. The molecule has 566 valence electrons. The molecule has 0 atom stereocenters. The van der Waals surface area contributed by atoms with Crippen LogP contribution in [0.1, 0.15) is 58.9 Å². The molecule has 4 aliphatic rings. The van der Waals surface area contributed by atoms with Gasteiger partial charge >= 0.3 is 0 Å². The van der Waals surface area contributed by atoms with Gasteiger partial charge in [0, 0.05) is 139 Å². The number of carbonyl (C=O) groups excluding carboxylic acids is 3. The summed E-state index contributed by atoms with van der Waals surface area (Å²) >= 11 is 0. The van der Waals surface area contributed by atoms with E-state index in [-0.39, 0.29) is 17.3 Å². The van der Waals surface area contributed by atoms with Crippen molar-refractivity contribution in [3.8, 4) is 23.3 Å². The standard InChI is InChI=1S/C24H16N2.C18H12N2.C14H8O2.C13H10O.C8H4N2.C7H5N.C6H3N7.C4H4N2.C3H3N3/c1-3-7-21-17(5-1)19-13-15(9-11-23(19)25-21)16-10-12-24-20(14-16)18-6-2-4-8-22(18)26-24;1-3-7-15-11(5-1)13-9-14-12-6-2-4-8-16(12)20-18(14)10-17(13)19-15;15-13-9-5-1-2-6-10(9)14(16)12-8-4-3-7-11(12)13;14-13(11-7-3-1-4-8-11)12-9-5-2-6-10-12;1-10-8-4-2-7(6-9)3-5-8;8-6-7-4-2-1-3-5-7;1-7-4-9-2-11-6-12-3-10-5(8-1)13(4)6;1-2-5-4-6-3-1;1-4-2-6-3-5-1/h1-14,25-26H;1-10,19-20H;1-8H;1-10H;2-5H;1-5H;1-3H;1-4H;1-3H. The molecule has 0 saturated carbocycles. The zero-order chi connectivity index (χ0) is 81.5. The maximum absolute atomic E-state index is 12.1. The molecular weight excluding hydrogens is 1480 g/mol. The third kappa shape index (κ3) is 18.0. The number of hydrogen-bond donors (Lipinski definition) is 4. The lowest BCUT2D eigenvalue weighted by Gasteiger charge is -2.25. The van der Waals surface area contributed by atoms with Gasteiger partial charge < -0.3 is 19.9 Å². The molecule has 119 heavy (non-hydrogen) atoms. The van der Waals surface area contributed by atoms with Gasteiger partial charge in [0.25, 0.3) is 0 Å². The third-order valence-corrected chi connectivity index (χ3v) is 18.9. The Hall–Kier alpha value is -17.6. The van der Waals surface area contributed by atoms with Crippen molar-refractivity contribution in [2.75, 3.05) is 0 Å².